The van der Waals surface area contributed by atoms with Crippen molar-refractivity contribution in [3.63, 3.8) is 0 Å². The molecule has 2 rings (SSSR count). The van der Waals surface area contributed by atoms with Crippen LogP contribution in [0, 0.1) is 9.39 Å². The largest absolute Gasteiger partial charge is 0.484 e. The molecule has 2 aromatic rings. The first kappa shape index (κ1) is 15.4. The maximum Gasteiger partial charge on any atom is 0.277 e. The average Bonchev–Trinajstić information content (AvgIpc) is 2.47. The van der Waals surface area contributed by atoms with E-state index < -0.39 is 0 Å². The number of hydrogen-bond acceptors (Lipinski definition) is 3. The lowest BCUT2D eigenvalue weighted by molar-refractivity contribution is -0.123. The standard InChI is InChI=1S/C15H12FIN2O2/c16-12-3-1-2-11(8-12)9-18-19-15(20)10-21-14-6-4-13(17)5-7-14/h1-9H,10H2,(H,19,20). The number of nitrogens with one attached hydrogen (secondary N) is 1. The van der Waals surface area contributed by atoms with E-state index >= 15 is 0 Å². The molecule has 0 atom stereocenters. The molecule has 0 spiro atoms. The van der Waals surface area contributed by atoms with Crippen LogP contribution in [0.3, 0.4) is 0 Å². The van der Waals surface area contributed by atoms with Gasteiger partial charge in [0.25, 0.3) is 5.91 Å². The number of hydrogen-bond donors (Lipinski definition) is 1. The van der Waals surface area contributed by atoms with Gasteiger partial charge in [0.1, 0.15) is 11.6 Å². The van der Waals surface area contributed by atoms with E-state index in [4.69, 9.17) is 4.74 Å². The van der Waals surface area contributed by atoms with Crippen LogP contribution in [0.15, 0.2) is 53.6 Å². The lowest BCUT2D eigenvalue weighted by atomic mass is 10.2. The summed E-state index contributed by atoms with van der Waals surface area (Å²) in [6.45, 7) is -0.138. The first-order chi connectivity index (χ1) is 10.1. The summed E-state index contributed by atoms with van der Waals surface area (Å²) in [7, 11) is 0. The molecule has 1 amide bonds. The summed E-state index contributed by atoms with van der Waals surface area (Å²) in [5.41, 5.74) is 2.88. The summed E-state index contributed by atoms with van der Waals surface area (Å²) in [6, 6.07) is 13.2. The van der Waals surface area contributed by atoms with Gasteiger partial charge in [0, 0.05) is 3.57 Å². The molecule has 0 saturated heterocycles. The zero-order chi connectivity index (χ0) is 15.1. The molecule has 0 radical (unpaired) electrons. The molecule has 108 valence electrons. The van der Waals surface area contributed by atoms with Gasteiger partial charge in [-0.05, 0) is 64.6 Å². The van der Waals surface area contributed by atoms with Crippen molar-refractivity contribution in [3.8, 4) is 5.75 Å². The van der Waals surface area contributed by atoms with E-state index in [1.165, 1.54) is 18.3 Å². The third-order valence-electron chi connectivity index (χ3n) is 2.44. The Labute approximate surface area is 135 Å². The molecule has 0 aliphatic heterocycles. The number of amides is 1. The second-order valence-electron chi connectivity index (χ2n) is 4.09. The average molecular weight is 398 g/mol. The highest BCUT2D eigenvalue weighted by Gasteiger charge is 2.01. The highest BCUT2D eigenvalue weighted by Crippen LogP contribution is 2.13. The molecule has 2 aromatic carbocycles. The zero-order valence-corrected chi connectivity index (χ0v) is 13.1. The van der Waals surface area contributed by atoms with Crippen molar-refractivity contribution in [2.24, 2.45) is 5.10 Å². The van der Waals surface area contributed by atoms with E-state index in [2.05, 4.69) is 33.1 Å². The van der Waals surface area contributed by atoms with Crippen molar-refractivity contribution in [2.75, 3.05) is 6.61 Å². The van der Waals surface area contributed by atoms with E-state index in [9.17, 15) is 9.18 Å². The molecular formula is C15H12FIN2O2. The van der Waals surface area contributed by atoms with Crippen molar-refractivity contribution in [2.45, 2.75) is 0 Å². The minimum Gasteiger partial charge on any atom is -0.484 e. The normalized spacial score (nSPS) is 10.6. The minimum atomic E-state index is -0.388. The Bertz CT molecular complexity index is 644. The van der Waals surface area contributed by atoms with Gasteiger partial charge >= 0.3 is 0 Å². The fraction of sp³-hybridized carbons (Fsp3) is 0.0667. The Balaban J connectivity index is 1.78. The monoisotopic (exact) mass is 398 g/mol. The minimum absolute atomic E-state index is 0.138. The third kappa shape index (κ3) is 5.50. The number of ether oxygens (including phenoxy) is 1. The van der Waals surface area contributed by atoms with Crippen LogP contribution in [0.25, 0.3) is 0 Å². The van der Waals surface area contributed by atoms with Crippen molar-refractivity contribution in [1.82, 2.24) is 5.43 Å². The highest BCUT2D eigenvalue weighted by molar-refractivity contribution is 14.1. The van der Waals surface area contributed by atoms with Crippen LogP contribution in [0.2, 0.25) is 0 Å². The van der Waals surface area contributed by atoms with Crippen molar-refractivity contribution in [3.05, 3.63) is 63.5 Å². The van der Waals surface area contributed by atoms with Crippen LogP contribution in [0.1, 0.15) is 5.56 Å². The Morgan fingerprint density at radius 3 is 2.76 bits per heavy atom. The fourth-order valence-corrected chi connectivity index (χ4v) is 1.84. The first-order valence-electron chi connectivity index (χ1n) is 6.09. The predicted octanol–water partition coefficient (Wildman–Crippen LogP) is 2.96. The summed E-state index contributed by atoms with van der Waals surface area (Å²) in [6.07, 6.45) is 1.37. The maximum atomic E-state index is 12.9. The van der Waals surface area contributed by atoms with E-state index in [1.807, 2.05) is 12.1 Å². The number of hydrazone groups is 1. The van der Waals surface area contributed by atoms with Crippen LogP contribution in [-0.2, 0) is 4.79 Å². The van der Waals surface area contributed by atoms with Crippen molar-refractivity contribution >= 4 is 34.7 Å². The second kappa shape index (κ2) is 7.72. The molecule has 0 heterocycles. The number of carbonyl (C=O) groups excluding carboxylic acids is 1. The molecule has 21 heavy (non-hydrogen) atoms. The number of nitrogens with zero attached hydrogens (tertiary/aromatic N) is 1. The van der Waals surface area contributed by atoms with Gasteiger partial charge in [-0.1, -0.05) is 12.1 Å². The number of halogens is 2. The summed E-state index contributed by atoms with van der Waals surface area (Å²) in [4.78, 5) is 11.5. The highest BCUT2D eigenvalue weighted by atomic mass is 127. The Hall–Kier alpha value is -1.96. The van der Waals surface area contributed by atoms with Gasteiger partial charge in [-0.25, -0.2) is 9.82 Å². The van der Waals surface area contributed by atoms with Crippen LogP contribution in [0.5, 0.6) is 5.75 Å². The van der Waals surface area contributed by atoms with Gasteiger partial charge in [-0.15, -0.1) is 0 Å². The van der Waals surface area contributed by atoms with E-state index in [0.29, 0.717) is 11.3 Å². The summed E-state index contributed by atoms with van der Waals surface area (Å²) >= 11 is 2.18. The molecule has 0 unspecified atom stereocenters. The second-order valence-corrected chi connectivity index (χ2v) is 5.34. The first-order valence-corrected chi connectivity index (χ1v) is 7.17. The predicted molar refractivity (Wildman–Crippen MR) is 86.8 cm³/mol. The molecule has 0 fully saturated rings. The van der Waals surface area contributed by atoms with Gasteiger partial charge in [0.15, 0.2) is 6.61 Å². The molecule has 4 nitrogen and oxygen atoms in total. The quantitative estimate of drug-likeness (QED) is 0.479. The molecule has 0 bridgehead atoms. The van der Waals surface area contributed by atoms with E-state index in [0.717, 1.165) is 3.57 Å². The fourth-order valence-electron chi connectivity index (χ4n) is 1.48. The van der Waals surface area contributed by atoms with Crippen LogP contribution >= 0.6 is 22.6 Å². The van der Waals surface area contributed by atoms with Gasteiger partial charge in [-0.3, -0.25) is 4.79 Å². The Morgan fingerprint density at radius 1 is 1.29 bits per heavy atom. The number of rotatable bonds is 5. The maximum absolute atomic E-state index is 12.9. The van der Waals surface area contributed by atoms with Crippen molar-refractivity contribution < 1.29 is 13.9 Å². The lowest BCUT2D eigenvalue weighted by Crippen LogP contribution is -2.24. The van der Waals surface area contributed by atoms with Gasteiger partial charge < -0.3 is 4.74 Å². The van der Waals surface area contributed by atoms with Crippen LogP contribution in [-0.4, -0.2) is 18.7 Å². The Morgan fingerprint density at radius 2 is 2.05 bits per heavy atom. The van der Waals surface area contributed by atoms with E-state index in [-0.39, 0.29) is 18.3 Å². The third-order valence-corrected chi connectivity index (χ3v) is 3.15. The lowest BCUT2D eigenvalue weighted by Gasteiger charge is -2.04. The zero-order valence-electron chi connectivity index (χ0n) is 10.9. The van der Waals surface area contributed by atoms with Gasteiger partial charge in [0.05, 0.1) is 6.21 Å². The molecule has 6 heteroatoms. The number of carbonyl (C=O) groups is 1. The smallest absolute Gasteiger partial charge is 0.277 e. The van der Waals surface area contributed by atoms with E-state index in [1.54, 1.807) is 24.3 Å². The van der Waals surface area contributed by atoms with Gasteiger partial charge in [-0.2, -0.15) is 5.10 Å². The summed E-state index contributed by atoms with van der Waals surface area (Å²) in [5, 5.41) is 3.74. The van der Waals surface area contributed by atoms with Crippen molar-refractivity contribution in [1.29, 1.82) is 0 Å². The molecule has 0 aliphatic carbocycles. The van der Waals surface area contributed by atoms with Gasteiger partial charge in [0.2, 0.25) is 0 Å². The molecule has 0 aromatic heterocycles. The van der Waals surface area contributed by atoms with Crippen LogP contribution in [0.4, 0.5) is 4.39 Å². The Kier molecular flexibility index (Phi) is 5.68. The number of benzene rings is 2. The molecule has 0 saturated carbocycles. The summed E-state index contributed by atoms with van der Waals surface area (Å²) < 4.78 is 19.3. The SMILES string of the molecule is O=C(COc1ccc(I)cc1)NN=Cc1cccc(F)c1. The molecule has 0 aliphatic rings. The summed E-state index contributed by atoms with van der Waals surface area (Å²) in [5.74, 6) is -0.131. The molecular weight excluding hydrogens is 386 g/mol. The van der Waals surface area contributed by atoms with Crippen LogP contribution < -0.4 is 10.2 Å². The molecule has 1 N–H and O–H groups in total. The topological polar surface area (TPSA) is 50.7 Å².